The number of aliphatic hydroxyl groups is 1. The first-order valence-corrected chi connectivity index (χ1v) is 10.4. The van der Waals surface area contributed by atoms with Crippen LogP contribution < -0.4 is 0 Å². The summed E-state index contributed by atoms with van der Waals surface area (Å²) in [7, 11) is -2.00. The molecule has 1 heterocycles. The molecule has 7 nitrogen and oxygen atoms in total. The monoisotopic (exact) mass is 382 g/mol. The molecule has 0 aromatic heterocycles. The summed E-state index contributed by atoms with van der Waals surface area (Å²) in [5.41, 5.74) is 0. The average molecular weight is 382 g/mol. The molecule has 0 aromatic carbocycles. The van der Waals surface area contributed by atoms with E-state index in [9.17, 15) is 22.7 Å². The summed E-state index contributed by atoms with van der Waals surface area (Å²) in [6.07, 6.45) is -1.57. The number of ether oxygens (including phenoxy) is 1. The molecule has 1 saturated heterocycles. The summed E-state index contributed by atoms with van der Waals surface area (Å²) < 4.78 is 44.2. The van der Waals surface area contributed by atoms with Gasteiger partial charge in [0.25, 0.3) is 0 Å². The number of sulfonamides is 1. The standard InChI is InChI=1S/C16H31FN2O5S/c1-10(2)24-9-14(18(5)25(6,22)23)11(3)12(4)16(21)19-7-13(17)15(20)8-19/h10-15,20H,7-9H2,1-6H3. The molecular weight excluding hydrogens is 351 g/mol. The van der Waals surface area contributed by atoms with Gasteiger partial charge in [0, 0.05) is 19.5 Å². The normalized spacial score (nSPS) is 25.4. The third-order valence-electron chi connectivity index (χ3n) is 4.91. The van der Waals surface area contributed by atoms with Crippen LogP contribution in [-0.4, -0.2) is 86.1 Å². The Bertz CT molecular complexity index is 547. The van der Waals surface area contributed by atoms with Crippen molar-refractivity contribution in [2.24, 2.45) is 11.8 Å². The molecule has 0 spiro atoms. The lowest BCUT2D eigenvalue weighted by atomic mass is 9.88. The van der Waals surface area contributed by atoms with Gasteiger partial charge in [-0.3, -0.25) is 4.79 Å². The second kappa shape index (κ2) is 8.75. The lowest BCUT2D eigenvalue weighted by Gasteiger charge is -2.35. The van der Waals surface area contributed by atoms with Crippen LogP contribution in [0.25, 0.3) is 0 Å². The van der Waals surface area contributed by atoms with Crippen LogP contribution in [0.5, 0.6) is 0 Å². The number of amides is 1. The number of rotatable bonds is 8. The van der Waals surface area contributed by atoms with Crippen molar-refractivity contribution in [3.05, 3.63) is 0 Å². The van der Waals surface area contributed by atoms with Gasteiger partial charge in [0.15, 0.2) is 0 Å². The highest BCUT2D eigenvalue weighted by molar-refractivity contribution is 7.88. The Balaban J connectivity index is 2.91. The zero-order valence-electron chi connectivity index (χ0n) is 15.8. The van der Waals surface area contributed by atoms with Crippen molar-refractivity contribution in [3.63, 3.8) is 0 Å². The smallest absolute Gasteiger partial charge is 0.225 e. The molecule has 5 atom stereocenters. The molecule has 9 heteroatoms. The number of likely N-dealkylation sites (tertiary alicyclic amines) is 1. The highest BCUT2D eigenvalue weighted by Gasteiger charge is 2.40. The quantitative estimate of drug-likeness (QED) is 0.660. The molecule has 1 N–H and O–H groups in total. The van der Waals surface area contributed by atoms with Gasteiger partial charge < -0.3 is 14.7 Å². The molecule has 0 radical (unpaired) electrons. The number of hydrogen-bond acceptors (Lipinski definition) is 5. The van der Waals surface area contributed by atoms with Gasteiger partial charge in [-0.15, -0.1) is 0 Å². The summed E-state index contributed by atoms with van der Waals surface area (Å²) in [4.78, 5) is 13.9. The second-order valence-corrected chi connectivity index (χ2v) is 9.24. The summed E-state index contributed by atoms with van der Waals surface area (Å²) in [6.45, 7) is 7.18. The first-order valence-electron chi connectivity index (χ1n) is 8.51. The predicted octanol–water partition coefficient (Wildman–Crippen LogP) is 0.485. The summed E-state index contributed by atoms with van der Waals surface area (Å²) >= 11 is 0. The topological polar surface area (TPSA) is 87.2 Å². The van der Waals surface area contributed by atoms with Gasteiger partial charge in [-0.25, -0.2) is 12.8 Å². The van der Waals surface area contributed by atoms with Gasteiger partial charge in [-0.2, -0.15) is 4.31 Å². The Morgan fingerprint density at radius 1 is 1.32 bits per heavy atom. The summed E-state index contributed by atoms with van der Waals surface area (Å²) in [6, 6.07) is -0.523. The van der Waals surface area contributed by atoms with Gasteiger partial charge >= 0.3 is 0 Å². The van der Waals surface area contributed by atoms with E-state index in [1.807, 2.05) is 13.8 Å². The highest BCUT2D eigenvalue weighted by Crippen LogP contribution is 2.25. The van der Waals surface area contributed by atoms with Crippen LogP contribution in [0.3, 0.4) is 0 Å². The first-order chi connectivity index (χ1) is 11.4. The molecular formula is C16H31FN2O5S. The van der Waals surface area contributed by atoms with E-state index in [0.717, 1.165) is 6.26 Å². The lowest BCUT2D eigenvalue weighted by Crippen LogP contribution is -2.48. The number of carbonyl (C=O) groups is 1. The number of carbonyl (C=O) groups excluding carboxylic acids is 1. The van der Waals surface area contributed by atoms with E-state index < -0.39 is 34.3 Å². The molecule has 5 unspecified atom stereocenters. The number of β-amino-alcohol motifs (C(OH)–C–C–N with tert-alkyl or cyclic N) is 1. The molecule has 0 aromatic rings. The molecule has 25 heavy (non-hydrogen) atoms. The van der Waals surface area contributed by atoms with E-state index in [1.54, 1.807) is 13.8 Å². The minimum atomic E-state index is -3.46. The minimum Gasteiger partial charge on any atom is -0.388 e. The lowest BCUT2D eigenvalue weighted by molar-refractivity contribution is -0.137. The fraction of sp³-hybridized carbons (Fsp3) is 0.938. The highest BCUT2D eigenvalue weighted by atomic mass is 32.2. The van der Waals surface area contributed by atoms with Gasteiger partial charge in [0.05, 0.1) is 31.6 Å². The molecule has 1 aliphatic rings. The SMILES string of the molecule is CC(C)OCC(C(C)C(C)C(=O)N1CC(O)C(F)C1)N(C)S(C)(=O)=O. The van der Waals surface area contributed by atoms with Gasteiger partial charge in [0.2, 0.25) is 15.9 Å². The maximum atomic E-state index is 13.5. The van der Waals surface area contributed by atoms with Gasteiger partial charge in [0.1, 0.15) is 12.3 Å². The van der Waals surface area contributed by atoms with Crippen LogP contribution in [0.1, 0.15) is 27.7 Å². The Kier molecular flexibility index (Phi) is 7.79. The molecule has 0 saturated carbocycles. The molecule has 0 aliphatic carbocycles. The predicted molar refractivity (Wildman–Crippen MR) is 93.3 cm³/mol. The van der Waals surface area contributed by atoms with Crippen LogP contribution in [-0.2, 0) is 19.6 Å². The fourth-order valence-corrected chi connectivity index (χ4v) is 3.64. The second-order valence-electron chi connectivity index (χ2n) is 7.20. The van der Waals surface area contributed by atoms with Crippen molar-refractivity contribution in [3.8, 4) is 0 Å². The Morgan fingerprint density at radius 2 is 1.88 bits per heavy atom. The maximum Gasteiger partial charge on any atom is 0.225 e. The Labute approximate surface area is 150 Å². The molecule has 1 amide bonds. The molecule has 148 valence electrons. The van der Waals surface area contributed by atoms with Gasteiger partial charge in [-0.1, -0.05) is 13.8 Å². The van der Waals surface area contributed by atoms with Crippen molar-refractivity contribution < 1.29 is 27.4 Å². The summed E-state index contributed by atoms with van der Waals surface area (Å²) in [5.74, 6) is -1.17. The molecule has 1 fully saturated rings. The summed E-state index contributed by atoms with van der Waals surface area (Å²) in [5, 5.41) is 9.51. The zero-order chi connectivity index (χ0) is 19.5. The van der Waals surface area contributed by atoms with Crippen molar-refractivity contribution in [2.45, 2.75) is 52.1 Å². The van der Waals surface area contributed by atoms with E-state index in [-0.39, 0.29) is 37.6 Å². The van der Waals surface area contributed by atoms with Crippen LogP contribution in [0.2, 0.25) is 0 Å². The van der Waals surface area contributed by atoms with Crippen molar-refractivity contribution >= 4 is 15.9 Å². The Morgan fingerprint density at radius 3 is 2.28 bits per heavy atom. The number of hydrogen-bond donors (Lipinski definition) is 1. The average Bonchev–Trinajstić information content (AvgIpc) is 2.83. The maximum absolute atomic E-state index is 13.5. The Hall–Kier alpha value is -0.770. The van der Waals surface area contributed by atoms with Crippen LogP contribution >= 0.6 is 0 Å². The zero-order valence-corrected chi connectivity index (χ0v) is 16.7. The fourth-order valence-electron chi connectivity index (χ4n) is 2.90. The van der Waals surface area contributed by atoms with E-state index in [4.69, 9.17) is 4.74 Å². The van der Waals surface area contributed by atoms with Crippen LogP contribution in [0.15, 0.2) is 0 Å². The van der Waals surface area contributed by atoms with Crippen molar-refractivity contribution in [1.29, 1.82) is 0 Å². The molecule has 1 rings (SSSR count). The number of aliphatic hydroxyl groups excluding tert-OH is 1. The van der Waals surface area contributed by atoms with Crippen molar-refractivity contribution in [2.75, 3.05) is 33.0 Å². The van der Waals surface area contributed by atoms with E-state index >= 15 is 0 Å². The third kappa shape index (κ3) is 5.87. The number of halogens is 1. The largest absolute Gasteiger partial charge is 0.388 e. The first kappa shape index (κ1) is 22.3. The van der Waals surface area contributed by atoms with Crippen molar-refractivity contribution in [1.82, 2.24) is 9.21 Å². The van der Waals surface area contributed by atoms with E-state index in [2.05, 4.69) is 0 Å². The van der Waals surface area contributed by atoms with Crippen LogP contribution in [0.4, 0.5) is 4.39 Å². The minimum absolute atomic E-state index is 0.0356. The van der Waals surface area contributed by atoms with Gasteiger partial charge in [-0.05, 0) is 19.8 Å². The molecule has 1 aliphatic heterocycles. The van der Waals surface area contributed by atoms with E-state index in [1.165, 1.54) is 16.3 Å². The number of nitrogens with zero attached hydrogens (tertiary/aromatic N) is 2. The number of likely N-dealkylation sites (N-methyl/N-ethyl adjacent to an activating group) is 1. The molecule has 0 bridgehead atoms. The van der Waals surface area contributed by atoms with E-state index in [0.29, 0.717) is 0 Å². The third-order valence-corrected chi connectivity index (χ3v) is 6.22. The number of alkyl halides is 1. The van der Waals surface area contributed by atoms with Crippen LogP contribution in [0, 0.1) is 11.8 Å².